The zero-order chi connectivity index (χ0) is 12.3. The van der Waals surface area contributed by atoms with Gasteiger partial charge in [-0.25, -0.2) is 4.39 Å². The molecule has 0 spiro atoms. The van der Waals surface area contributed by atoms with Crippen LogP contribution >= 0.6 is 15.9 Å². The van der Waals surface area contributed by atoms with Crippen molar-refractivity contribution in [3.8, 4) is 0 Å². The normalized spacial score (nSPS) is 17.8. The first-order valence-electron chi connectivity index (χ1n) is 6.00. The van der Waals surface area contributed by atoms with Crippen LogP contribution in [0.15, 0.2) is 22.7 Å². The van der Waals surface area contributed by atoms with Crippen LogP contribution in [-0.4, -0.2) is 13.1 Å². The molecule has 1 saturated carbocycles. The molecule has 1 aliphatic rings. The number of hydrogen-bond donors (Lipinski definition) is 2. The zero-order valence-electron chi connectivity index (χ0n) is 9.81. The fraction of sp³-hybridized carbons (Fsp3) is 0.538. The lowest BCUT2D eigenvalue weighted by Gasteiger charge is -2.41. The van der Waals surface area contributed by atoms with Crippen molar-refractivity contribution in [3.63, 3.8) is 0 Å². The van der Waals surface area contributed by atoms with Crippen LogP contribution in [0.3, 0.4) is 0 Å². The molecule has 0 atom stereocenters. The lowest BCUT2D eigenvalue weighted by Crippen LogP contribution is -2.45. The molecule has 0 unspecified atom stereocenters. The van der Waals surface area contributed by atoms with Gasteiger partial charge in [0.2, 0.25) is 0 Å². The summed E-state index contributed by atoms with van der Waals surface area (Å²) < 4.78 is 14.4. The van der Waals surface area contributed by atoms with Gasteiger partial charge in [0.05, 0.1) is 0 Å². The minimum atomic E-state index is -0.156. The molecule has 1 fully saturated rings. The van der Waals surface area contributed by atoms with Crippen molar-refractivity contribution in [3.05, 3.63) is 34.1 Å². The third-order valence-corrected chi connectivity index (χ3v) is 4.16. The standard InChI is InChI=1S/C13H18BrFN2/c14-11-2-3-12(15)10(6-11)7-17-9-13(8-16)4-1-5-13/h2-3,6,17H,1,4-5,7-9,16H2. The van der Waals surface area contributed by atoms with Gasteiger partial charge in [-0.3, -0.25) is 0 Å². The van der Waals surface area contributed by atoms with Crippen LogP contribution in [0.1, 0.15) is 24.8 Å². The predicted molar refractivity (Wildman–Crippen MR) is 71.1 cm³/mol. The molecule has 94 valence electrons. The maximum absolute atomic E-state index is 13.5. The number of halogens is 2. The third-order valence-electron chi connectivity index (χ3n) is 3.67. The molecule has 17 heavy (non-hydrogen) atoms. The molecule has 1 aromatic rings. The van der Waals surface area contributed by atoms with Gasteiger partial charge >= 0.3 is 0 Å². The summed E-state index contributed by atoms with van der Waals surface area (Å²) in [5.41, 5.74) is 6.75. The molecule has 0 aromatic heterocycles. The van der Waals surface area contributed by atoms with E-state index in [0.717, 1.165) is 17.6 Å². The Kier molecular flexibility index (Phi) is 4.17. The van der Waals surface area contributed by atoms with E-state index in [9.17, 15) is 4.39 Å². The lowest BCUT2D eigenvalue weighted by molar-refractivity contribution is 0.140. The van der Waals surface area contributed by atoms with Gasteiger partial charge in [-0.2, -0.15) is 0 Å². The molecule has 3 N–H and O–H groups in total. The average molecular weight is 301 g/mol. The predicted octanol–water partition coefficient (Wildman–Crippen LogP) is 2.81. The summed E-state index contributed by atoms with van der Waals surface area (Å²) in [6.45, 7) is 2.17. The van der Waals surface area contributed by atoms with Gasteiger partial charge in [0, 0.05) is 23.1 Å². The fourth-order valence-corrected chi connectivity index (χ4v) is 2.68. The first-order chi connectivity index (χ1) is 8.15. The highest BCUT2D eigenvalue weighted by molar-refractivity contribution is 9.10. The van der Waals surface area contributed by atoms with E-state index >= 15 is 0 Å². The summed E-state index contributed by atoms with van der Waals surface area (Å²) in [4.78, 5) is 0. The van der Waals surface area contributed by atoms with Crippen LogP contribution < -0.4 is 11.1 Å². The molecular formula is C13H18BrFN2. The molecule has 2 rings (SSSR count). The molecule has 0 aliphatic heterocycles. The SMILES string of the molecule is NCC1(CNCc2cc(Br)ccc2F)CCC1. The molecule has 4 heteroatoms. The zero-order valence-corrected chi connectivity index (χ0v) is 11.4. The second kappa shape index (κ2) is 5.46. The summed E-state index contributed by atoms with van der Waals surface area (Å²) in [6, 6.07) is 5.02. The summed E-state index contributed by atoms with van der Waals surface area (Å²) in [5.74, 6) is -0.156. The highest BCUT2D eigenvalue weighted by Crippen LogP contribution is 2.39. The van der Waals surface area contributed by atoms with Crippen LogP contribution in [0, 0.1) is 11.2 Å². The van der Waals surface area contributed by atoms with E-state index in [4.69, 9.17) is 5.73 Å². The number of benzene rings is 1. The maximum Gasteiger partial charge on any atom is 0.127 e. The van der Waals surface area contributed by atoms with Gasteiger partial charge in [0.25, 0.3) is 0 Å². The van der Waals surface area contributed by atoms with E-state index in [1.807, 2.05) is 6.07 Å². The molecule has 1 aromatic carbocycles. The molecule has 0 heterocycles. The molecule has 0 bridgehead atoms. The Labute approximate surface area is 110 Å². The smallest absolute Gasteiger partial charge is 0.127 e. The van der Waals surface area contributed by atoms with Crippen LogP contribution in [-0.2, 0) is 6.54 Å². The van der Waals surface area contributed by atoms with Crippen LogP contribution in [0.4, 0.5) is 4.39 Å². The number of hydrogen-bond acceptors (Lipinski definition) is 2. The van der Waals surface area contributed by atoms with Crippen molar-refractivity contribution in [1.29, 1.82) is 0 Å². The Bertz CT molecular complexity index is 385. The van der Waals surface area contributed by atoms with Crippen LogP contribution in [0.5, 0.6) is 0 Å². The monoisotopic (exact) mass is 300 g/mol. The van der Waals surface area contributed by atoms with Gasteiger partial charge in [-0.15, -0.1) is 0 Å². The number of nitrogens with two attached hydrogens (primary N) is 1. The Hall–Kier alpha value is -0.450. The topological polar surface area (TPSA) is 38.0 Å². The first kappa shape index (κ1) is 13.0. The molecule has 1 aliphatic carbocycles. The van der Waals surface area contributed by atoms with E-state index in [1.54, 1.807) is 6.07 Å². The second-order valence-electron chi connectivity index (χ2n) is 4.90. The van der Waals surface area contributed by atoms with Gasteiger partial charge in [0.1, 0.15) is 5.82 Å². The molecule has 0 saturated heterocycles. The lowest BCUT2D eigenvalue weighted by atomic mass is 9.69. The van der Waals surface area contributed by atoms with E-state index < -0.39 is 0 Å². The second-order valence-corrected chi connectivity index (χ2v) is 5.81. The summed E-state index contributed by atoms with van der Waals surface area (Å²) in [7, 11) is 0. The van der Waals surface area contributed by atoms with E-state index in [2.05, 4.69) is 21.2 Å². The van der Waals surface area contributed by atoms with Crippen molar-refractivity contribution in [1.82, 2.24) is 5.32 Å². The van der Waals surface area contributed by atoms with Crippen molar-refractivity contribution in [2.24, 2.45) is 11.1 Å². The van der Waals surface area contributed by atoms with Crippen molar-refractivity contribution < 1.29 is 4.39 Å². The first-order valence-corrected chi connectivity index (χ1v) is 6.79. The largest absolute Gasteiger partial charge is 0.330 e. The van der Waals surface area contributed by atoms with Crippen LogP contribution in [0.2, 0.25) is 0 Å². The minimum Gasteiger partial charge on any atom is -0.330 e. The highest BCUT2D eigenvalue weighted by Gasteiger charge is 2.34. The van der Waals surface area contributed by atoms with Crippen molar-refractivity contribution in [2.45, 2.75) is 25.8 Å². The number of rotatable bonds is 5. The van der Waals surface area contributed by atoms with Gasteiger partial charge in [-0.1, -0.05) is 22.4 Å². The highest BCUT2D eigenvalue weighted by atomic mass is 79.9. The molecular weight excluding hydrogens is 283 g/mol. The Morgan fingerprint density at radius 1 is 1.41 bits per heavy atom. The molecule has 0 amide bonds. The third kappa shape index (κ3) is 3.06. The van der Waals surface area contributed by atoms with Gasteiger partial charge in [0.15, 0.2) is 0 Å². The summed E-state index contributed by atoms with van der Waals surface area (Å²) >= 11 is 3.35. The van der Waals surface area contributed by atoms with E-state index in [0.29, 0.717) is 12.1 Å². The Balaban J connectivity index is 1.87. The number of nitrogens with one attached hydrogen (secondary N) is 1. The quantitative estimate of drug-likeness (QED) is 0.877. The van der Waals surface area contributed by atoms with Gasteiger partial charge in [-0.05, 0) is 43.0 Å². The maximum atomic E-state index is 13.5. The summed E-state index contributed by atoms with van der Waals surface area (Å²) in [6.07, 6.45) is 3.65. The van der Waals surface area contributed by atoms with E-state index in [1.165, 1.54) is 25.3 Å². The molecule has 0 radical (unpaired) electrons. The van der Waals surface area contributed by atoms with Gasteiger partial charge < -0.3 is 11.1 Å². The Morgan fingerprint density at radius 2 is 2.18 bits per heavy atom. The minimum absolute atomic E-state index is 0.156. The van der Waals surface area contributed by atoms with Crippen LogP contribution in [0.25, 0.3) is 0 Å². The Morgan fingerprint density at radius 3 is 2.76 bits per heavy atom. The van der Waals surface area contributed by atoms with Crippen molar-refractivity contribution >= 4 is 15.9 Å². The van der Waals surface area contributed by atoms with Crippen molar-refractivity contribution in [2.75, 3.05) is 13.1 Å². The van der Waals surface area contributed by atoms with E-state index in [-0.39, 0.29) is 11.2 Å². The molecule has 2 nitrogen and oxygen atoms in total. The summed E-state index contributed by atoms with van der Waals surface area (Å²) in [5, 5.41) is 3.32. The fourth-order valence-electron chi connectivity index (χ4n) is 2.27. The average Bonchev–Trinajstić information content (AvgIpc) is 2.27.